The second-order valence-electron chi connectivity index (χ2n) is 6.17. The number of aliphatic carboxylic acids is 1. The molecule has 22 heavy (non-hydrogen) atoms. The number of benzene rings is 1. The van der Waals surface area contributed by atoms with Crippen LogP contribution in [0.2, 0.25) is 0 Å². The number of hydrogen-bond acceptors (Lipinski definition) is 3. The van der Waals surface area contributed by atoms with E-state index in [0.717, 1.165) is 16.7 Å². The molecule has 0 aliphatic heterocycles. The zero-order chi connectivity index (χ0) is 16.9. The Morgan fingerprint density at radius 2 is 1.82 bits per heavy atom. The van der Waals surface area contributed by atoms with Gasteiger partial charge in [0.25, 0.3) is 0 Å². The van der Waals surface area contributed by atoms with E-state index in [-0.39, 0.29) is 12.3 Å². The van der Waals surface area contributed by atoms with Gasteiger partial charge in [0.15, 0.2) is 0 Å². The summed E-state index contributed by atoms with van der Waals surface area (Å²) in [6.45, 7) is 7.72. The molecule has 0 heterocycles. The van der Waals surface area contributed by atoms with Gasteiger partial charge < -0.3 is 15.5 Å². The summed E-state index contributed by atoms with van der Waals surface area (Å²) in [6, 6.07) is 4.66. The highest BCUT2D eigenvalue weighted by Crippen LogP contribution is 2.12. The molecule has 0 fully saturated rings. The SMILES string of the molecule is Cc1ccc(C[C@H](NC(=O)[C@H](O)CC(C)C)C(=O)O)cc1C. The highest BCUT2D eigenvalue weighted by molar-refractivity contribution is 5.86. The molecule has 5 heteroatoms. The van der Waals surface area contributed by atoms with Gasteiger partial charge in [0.2, 0.25) is 5.91 Å². The molecule has 0 aliphatic rings. The fourth-order valence-corrected chi connectivity index (χ4v) is 2.19. The van der Waals surface area contributed by atoms with E-state index in [9.17, 15) is 19.8 Å². The first-order valence-electron chi connectivity index (χ1n) is 7.48. The number of aliphatic hydroxyl groups is 1. The number of rotatable bonds is 7. The molecule has 1 aromatic carbocycles. The van der Waals surface area contributed by atoms with Gasteiger partial charge in [-0.05, 0) is 42.9 Å². The first-order chi connectivity index (χ1) is 10.2. The van der Waals surface area contributed by atoms with Crippen LogP contribution in [0, 0.1) is 19.8 Å². The average Bonchev–Trinajstić information content (AvgIpc) is 2.41. The standard InChI is InChI=1S/C17H25NO4/c1-10(2)7-15(19)16(20)18-14(17(21)22)9-13-6-5-11(3)12(4)8-13/h5-6,8,10,14-15,19H,7,9H2,1-4H3,(H,18,20)(H,21,22)/t14-,15+/m0/s1. The third kappa shape index (κ3) is 5.48. The quantitative estimate of drug-likeness (QED) is 0.717. The van der Waals surface area contributed by atoms with E-state index in [4.69, 9.17) is 0 Å². The fraction of sp³-hybridized carbons (Fsp3) is 0.529. The van der Waals surface area contributed by atoms with Crippen LogP contribution in [-0.4, -0.2) is 34.2 Å². The van der Waals surface area contributed by atoms with Gasteiger partial charge in [-0.25, -0.2) is 4.79 Å². The van der Waals surface area contributed by atoms with Gasteiger partial charge >= 0.3 is 5.97 Å². The lowest BCUT2D eigenvalue weighted by Crippen LogP contribution is -2.46. The van der Waals surface area contributed by atoms with Crippen molar-refractivity contribution in [1.82, 2.24) is 5.32 Å². The third-order valence-electron chi connectivity index (χ3n) is 3.62. The van der Waals surface area contributed by atoms with Gasteiger partial charge in [-0.1, -0.05) is 32.0 Å². The summed E-state index contributed by atoms with van der Waals surface area (Å²) in [5.41, 5.74) is 3.05. The molecule has 2 atom stereocenters. The van der Waals surface area contributed by atoms with Crippen LogP contribution in [0.4, 0.5) is 0 Å². The summed E-state index contributed by atoms with van der Waals surface area (Å²) in [7, 11) is 0. The predicted octanol–water partition coefficient (Wildman–Crippen LogP) is 1.82. The Bertz CT molecular complexity index is 539. The van der Waals surface area contributed by atoms with Crippen LogP contribution < -0.4 is 5.32 Å². The van der Waals surface area contributed by atoms with Gasteiger partial charge in [0.1, 0.15) is 12.1 Å². The molecule has 0 aliphatic carbocycles. The lowest BCUT2D eigenvalue weighted by atomic mass is 10.00. The van der Waals surface area contributed by atoms with Crippen molar-refractivity contribution < 1.29 is 19.8 Å². The maximum atomic E-state index is 11.9. The number of amides is 1. The summed E-state index contributed by atoms with van der Waals surface area (Å²) < 4.78 is 0. The van der Waals surface area contributed by atoms with E-state index in [1.807, 2.05) is 45.9 Å². The zero-order valence-electron chi connectivity index (χ0n) is 13.6. The Hall–Kier alpha value is -1.88. The molecule has 0 aromatic heterocycles. The molecular weight excluding hydrogens is 282 g/mol. The Kier molecular flexibility index (Phi) is 6.56. The van der Waals surface area contributed by atoms with E-state index >= 15 is 0 Å². The monoisotopic (exact) mass is 307 g/mol. The minimum Gasteiger partial charge on any atom is -0.480 e. The molecule has 1 rings (SSSR count). The smallest absolute Gasteiger partial charge is 0.326 e. The van der Waals surface area contributed by atoms with E-state index < -0.39 is 24.0 Å². The van der Waals surface area contributed by atoms with Crippen LogP contribution in [0.25, 0.3) is 0 Å². The van der Waals surface area contributed by atoms with Crippen molar-refractivity contribution in [3.8, 4) is 0 Å². The molecule has 1 amide bonds. The van der Waals surface area contributed by atoms with Crippen molar-refractivity contribution in [1.29, 1.82) is 0 Å². The Morgan fingerprint density at radius 3 is 2.32 bits per heavy atom. The van der Waals surface area contributed by atoms with Gasteiger partial charge in [0.05, 0.1) is 0 Å². The van der Waals surface area contributed by atoms with Crippen molar-refractivity contribution in [2.45, 2.75) is 52.7 Å². The molecule has 122 valence electrons. The number of carbonyl (C=O) groups is 2. The molecule has 3 N–H and O–H groups in total. The largest absolute Gasteiger partial charge is 0.480 e. The lowest BCUT2D eigenvalue weighted by Gasteiger charge is -2.18. The van der Waals surface area contributed by atoms with Gasteiger partial charge in [-0.3, -0.25) is 4.79 Å². The van der Waals surface area contributed by atoms with Crippen LogP contribution in [0.15, 0.2) is 18.2 Å². The zero-order valence-corrected chi connectivity index (χ0v) is 13.6. The molecule has 5 nitrogen and oxygen atoms in total. The molecule has 0 radical (unpaired) electrons. The van der Waals surface area contributed by atoms with Crippen LogP contribution in [0.1, 0.15) is 37.0 Å². The maximum Gasteiger partial charge on any atom is 0.326 e. The van der Waals surface area contributed by atoms with E-state index in [1.54, 1.807) is 0 Å². The van der Waals surface area contributed by atoms with Crippen molar-refractivity contribution in [3.05, 3.63) is 34.9 Å². The number of carboxylic acid groups (broad SMARTS) is 1. The second kappa shape index (κ2) is 7.94. The molecule has 0 spiro atoms. The van der Waals surface area contributed by atoms with Crippen LogP contribution in [0.5, 0.6) is 0 Å². The number of aliphatic hydroxyl groups excluding tert-OH is 1. The average molecular weight is 307 g/mol. The number of carbonyl (C=O) groups excluding carboxylic acids is 1. The first-order valence-corrected chi connectivity index (χ1v) is 7.48. The highest BCUT2D eigenvalue weighted by Gasteiger charge is 2.24. The summed E-state index contributed by atoms with van der Waals surface area (Å²) in [5, 5.41) is 21.5. The second-order valence-corrected chi connectivity index (χ2v) is 6.17. The molecule has 0 bridgehead atoms. The Morgan fingerprint density at radius 1 is 1.18 bits per heavy atom. The van der Waals surface area contributed by atoms with Crippen LogP contribution >= 0.6 is 0 Å². The maximum absolute atomic E-state index is 11.9. The van der Waals surface area contributed by atoms with Crippen molar-refractivity contribution in [2.75, 3.05) is 0 Å². The lowest BCUT2D eigenvalue weighted by molar-refractivity contribution is -0.143. The minimum atomic E-state index is -1.18. The number of nitrogens with one attached hydrogen (secondary N) is 1. The number of carboxylic acids is 1. The van der Waals surface area contributed by atoms with Crippen LogP contribution in [-0.2, 0) is 16.0 Å². The van der Waals surface area contributed by atoms with Crippen LogP contribution in [0.3, 0.4) is 0 Å². The third-order valence-corrected chi connectivity index (χ3v) is 3.62. The molecule has 0 saturated heterocycles. The van der Waals surface area contributed by atoms with Crippen molar-refractivity contribution in [3.63, 3.8) is 0 Å². The van der Waals surface area contributed by atoms with Crippen molar-refractivity contribution >= 4 is 11.9 Å². The van der Waals surface area contributed by atoms with E-state index in [2.05, 4.69) is 5.32 Å². The van der Waals surface area contributed by atoms with E-state index in [0.29, 0.717) is 6.42 Å². The molecule has 0 saturated carbocycles. The summed E-state index contributed by atoms with van der Waals surface area (Å²) in [5.74, 6) is -1.59. The Balaban J connectivity index is 2.75. The number of hydrogen-bond donors (Lipinski definition) is 3. The summed E-state index contributed by atoms with van der Waals surface area (Å²) >= 11 is 0. The van der Waals surface area contributed by atoms with E-state index in [1.165, 1.54) is 0 Å². The Labute approximate surface area is 131 Å². The highest BCUT2D eigenvalue weighted by atomic mass is 16.4. The summed E-state index contributed by atoms with van der Waals surface area (Å²) in [6.07, 6.45) is -0.681. The first kappa shape index (κ1) is 18.2. The number of aryl methyl sites for hydroxylation is 2. The van der Waals surface area contributed by atoms with Crippen molar-refractivity contribution in [2.24, 2.45) is 5.92 Å². The normalized spacial score (nSPS) is 13.7. The molecular formula is C17H25NO4. The van der Waals surface area contributed by atoms with Gasteiger partial charge in [-0.15, -0.1) is 0 Å². The molecule has 1 aromatic rings. The fourth-order valence-electron chi connectivity index (χ4n) is 2.19. The molecule has 0 unspecified atom stereocenters. The predicted molar refractivity (Wildman–Crippen MR) is 84.6 cm³/mol. The van der Waals surface area contributed by atoms with Gasteiger partial charge in [0, 0.05) is 6.42 Å². The topological polar surface area (TPSA) is 86.6 Å². The minimum absolute atomic E-state index is 0.156. The summed E-state index contributed by atoms with van der Waals surface area (Å²) in [4.78, 5) is 23.2. The van der Waals surface area contributed by atoms with Gasteiger partial charge in [-0.2, -0.15) is 0 Å².